The molecule has 1 amide bonds. The molecular weight excluding hydrogens is 254 g/mol. The van der Waals surface area contributed by atoms with Crippen molar-refractivity contribution in [2.45, 2.75) is 50.5 Å². The molecule has 4 aliphatic carbocycles. The second kappa shape index (κ2) is 4.44. The van der Waals surface area contributed by atoms with Crippen LogP contribution in [0, 0.1) is 23.2 Å². The molecule has 5 fully saturated rings. The standard InChI is InChI=1S/C16H25NO3/c18-14(17-9-16(19)1-2-20-10-16)15-6-11-3-12(7-15)5-13(4-11)8-15/h11-13,19H,1-10H2,(H,17,18)/t11?,12?,13?,15?,16-/m1/s1. The molecule has 0 spiro atoms. The Morgan fingerprint density at radius 1 is 1.15 bits per heavy atom. The highest BCUT2D eigenvalue weighted by atomic mass is 16.5. The fourth-order valence-corrected chi connectivity index (χ4v) is 5.56. The monoisotopic (exact) mass is 279 g/mol. The molecule has 4 saturated carbocycles. The van der Waals surface area contributed by atoms with Gasteiger partial charge in [-0.05, 0) is 56.3 Å². The number of aliphatic hydroxyl groups is 1. The van der Waals surface area contributed by atoms with Crippen molar-refractivity contribution in [2.75, 3.05) is 19.8 Å². The third kappa shape index (κ3) is 2.08. The Morgan fingerprint density at radius 3 is 2.25 bits per heavy atom. The lowest BCUT2D eigenvalue weighted by Crippen LogP contribution is -2.55. The van der Waals surface area contributed by atoms with Crippen LogP contribution in [-0.2, 0) is 9.53 Å². The maximum atomic E-state index is 12.7. The Balaban J connectivity index is 1.43. The molecule has 4 nitrogen and oxygen atoms in total. The van der Waals surface area contributed by atoms with Gasteiger partial charge in [-0.2, -0.15) is 0 Å². The van der Waals surface area contributed by atoms with Gasteiger partial charge in [0, 0.05) is 25.0 Å². The van der Waals surface area contributed by atoms with Crippen LogP contribution < -0.4 is 5.32 Å². The predicted octanol–water partition coefficient (Wildman–Crippen LogP) is 1.47. The number of hydrogen-bond acceptors (Lipinski definition) is 3. The molecule has 4 heteroatoms. The van der Waals surface area contributed by atoms with Crippen molar-refractivity contribution in [1.29, 1.82) is 0 Å². The highest BCUT2D eigenvalue weighted by Gasteiger charge is 2.54. The van der Waals surface area contributed by atoms with Crippen molar-refractivity contribution in [1.82, 2.24) is 5.32 Å². The summed E-state index contributed by atoms with van der Waals surface area (Å²) in [5, 5.41) is 13.3. The van der Waals surface area contributed by atoms with Gasteiger partial charge in [-0.25, -0.2) is 0 Å². The van der Waals surface area contributed by atoms with Crippen molar-refractivity contribution >= 4 is 5.91 Å². The van der Waals surface area contributed by atoms with Gasteiger partial charge in [0.05, 0.1) is 6.61 Å². The van der Waals surface area contributed by atoms with Crippen molar-refractivity contribution < 1.29 is 14.6 Å². The highest BCUT2D eigenvalue weighted by Crippen LogP contribution is 2.60. The second-order valence-electron chi connectivity index (χ2n) is 7.91. The number of carbonyl (C=O) groups excluding carboxylic acids is 1. The van der Waals surface area contributed by atoms with Crippen molar-refractivity contribution in [3.63, 3.8) is 0 Å². The van der Waals surface area contributed by atoms with Crippen LogP contribution in [0.15, 0.2) is 0 Å². The summed E-state index contributed by atoms with van der Waals surface area (Å²) in [4.78, 5) is 12.7. The van der Waals surface area contributed by atoms with Gasteiger partial charge in [0.25, 0.3) is 0 Å². The molecule has 2 N–H and O–H groups in total. The lowest BCUT2D eigenvalue weighted by atomic mass is 9.49. The van der Waals surface area contributed by atoms with Crippen LogP contribution in [0.2, 0.25) is 0 Å². The van der Waals surface area contributed by atoms with E-state index < -0.39 is 5.60 Å². The van der Waals surface area contributed by atoms with Gasteiger partial charge in [-0.15, -0.1) is 0 Å². The van der Waals surface area contributed by atoms with Gasteiger partial charge in [-0.1, -0.05) is 0 Å². The van der Waals surface area contributed by atoms with Crippen molar-refractivity contribution in [2.24, 2.45) is 23.2 Å². The van der Waals surface area contributed by atoms with Crippen LogP contribution in [0.25, 0.3) is 0 Å². The quantitative estimate of drug-likeness (QED) is 0.822. The van der Waals surface area contributed by atoms with E-state index in [1.54, 1.807) is 0 Å². The average molecular weight is 279 g/mol. The molecule has 4 bridgehead atoms. The van der Waals surface area contributed by atoms with E-state index in [0.717, 1.165) is 37.0 Å². The molecule has 0 unspecified atom stereocenters. The maximum absolute atomic E-state index is 12.7. The maximum Gasteiger partial charge on any atom is 0.226 e. The number of nitrogens with one attached hydrogen (secondary N) is 1. The Hall–Kier alpha value is -0.610. The van der Waals surface area contributed by atoms with Gasteiger partial charge >= 0.3 is 0 Å². The zero-order valence-corrected chi connectivity index (χ0v) is 12.1. The molecule has 0 aromatic heterocycles. The third-order valence-electron chi connectivity index (χ3n) is 6.18. The molecule has 1 saturated heterocycles. The minimum atomic E-state index is -0.835. The minimum Gasteiger partial charge on any atom is -0.386 e. The topological polar surface area (TPSA) is 58.6 Å². The van der Waals surface area contributed by atoms with E-state index in [0.29, 0.717) is 26.2 Å². The van der Waals surface area contributed by atoms with Crippen LogP contribution in [0.4, 0.5) is 0 Å². The first-order valence-corrected chi connectivity index (χ1v) is 8.15. The summed E-state index contributed by atoms with van der Waals surface area (Å²) in [6, 6.07) is 0. The Bertz CT molecular complexity index is 379. The third-order valence-corrected chi connectivity index (χ3v) is 6.18. The summed E-state index contributed by atoms with van der Waals surface area (Å²) in [6.45, 7) is 1.31. The van der Waals surface area contributed by atoms with Crippen LogP contribution in [-0.4, -0.2) is 36.4 Å². The largest absolute Gasteiger partial charge is 0.386 e. The van der Waals surface area contributed by atoms with E-state index >= 15 is 0 Å². The molecule has 5 rings (SSSR count). The zero-order valence-electron chi connectivity index (χ0n) is 12.1. The molecule has 5 aliphatic rings. The number of hydrogen-bond donors (Lipinski definition) is 2. The van der Waals surface area contributed by atoms with E-state index in [2.05, 4.69) is 5.32 Å². The fourth-order valence-electron chi connectivity index (χ4n) is 5.56. The van der Waals surface area contributed by atoms with Crippen LogP contribution in [0.5, 0.6) is 0 Å². The van der Waals surface area contributed by atoms with Crippen molar-refractivity contribution in [3.8, 4) is 0 Å². The SMILES string of the molecule is O=C(NC[C@]1(O)CCOC1)C12CC3CC(CC(C3)C1)C2. The molecule has 1 heterocycles. The lowest BCUT2D eigenvalue weighted by Gasteiger charge is -2.55. The van der Waals surface area contributed by atoms with Gasteiger partial charge in [0.1, 0.15) is 5.60 Å². The number of ether oxygens (including phenoxy) is 1. The summed E-state index contributed by atoms with van der Waals surface area (Å²) in [5.41, 5.74) is -0.942. The summed E-state index contributed by atoms with van der Waals surface area (Å²) < 4.78 is 5.24. The van der Waals surface area contributed by atoms with Gasteiger partial charge < -0.3 is 15.2 Å². The number of amides is 1. The molecule has 0 aromatic carbocycles. The first-order valence-electron chi connectivity index (χ1n) is 8.15. The van der Waals surface area contributed by atoms with E-state index in [-0.39, 0.29) is 11.3 Å². The first-order chi connectivity index (χ1) is 9.57. The smallest absolute Gasteiger partial charge is 0.226 e. The first kappa shape index (κ1) is 13.1. The number of carbonyl (C=O) groups is 1. The number of rotatable bonds is 3. The van der Waals surface area contributed by atoms with Crippen LogP contribution >= 0.6 is 0 Å². The molecule has 112 valence electrons. The lowest BCUT2D eigenvalue weighted by molar-refractivity contribution is -0.147. The molecule has 20 heavy (non-hydrogen) atoms. The molecule has 1 aliphatic heterocycles. The fraction of sp³-hybridized carbons (Fsp3) is 0.938. The molecule has 0 radical (unpaired) electrons. The summed E-state index contributed by atoms with van der Waals surface area (Å²) in [7, 11) is 0. The van der Waals surface area contributed by atoms with E-state index in [1.807, 2.05) is 0 Å². The van der Waals surface area contributed by atoms with Crippen LogP contribution in [0.3, 0.4) is 0 Å². The van der Waals surface area contributed by atoms with E-state index in [4.69, 9.17) is 4.74 Å². The van der Waals surface area contributed by atoms with Crippen molar-refractivity contribution in [3.05, 3.63) is 0 Å². The summed E-state index contributed by atoms with van der Waals surface area (Å²) >= 11 is 0. The average Bonchev–Trinajstić information content (AvgIpc) is 2.82. The summed E-state index contributed by atoms with van der Waals surface area (Å²) in [5.74, 6) is 2.55. The van der Waals surface area contributed by atoms with Gasteiger partial charge in [0.2, 0.25) is 5.91 Å². The minimum absolute atomic E-state index is 0.107. The molecular formula is C16H25NO3. The van der Waals surface area contributed by atoms with Crippen LogP contribution in [0.1, 0.15) is 44.9 Å². The predicted molar refractivity (Wildman–Crippen MR) is 74.0 cm³/mol. The molecule has 1 atom stereocenters. The highest BCUT2D eigenvalue weighted by molar-refractivity contribution is 5.83. The molecule has 0 aromatic rings. The zero-order chi connectivity index (χ0) is 13.8. The van der Waals surface area contributed by atoms with Gasteiger partial charge in [-0.3, -0.25) is 4.79 Å². The Kier molecular flexibility index (Phi) is 2.90. The Morgan fingerprint density at radius 2 is 1.75 bits per heavy atom. The second-order valence-corrected chi connectivity index (χ2v) is 7.91. The summed E-state index contributed by atoms with van der Waals surface area (Å²) in [6.07, 6.45) is 7.94. The van der Waals surface area contributed by atoms with E-state index in [9.17, 15) is 9.90 Å². The Labute approximate surface area is 120 Å². The van der Waals surface area contributed by atoms with E-state index in [1.165, 1.54) is 19.3 Å². The van der Waals surface area contributed by atoms with Gasteiger partial charge in [0.15, 0.2) is 0 Å². The normalized spacial score (nSPS) is 49.5.